The molecule has 2 heterocycles. The molecule has 4 nitrogen and oxygen atoms in total. The highest BCUT2D eigenvalue weighted by atomic mass is 19.4. The Hall–Kier alpha value is -3.50. The third kappa shape index (κ3) is 4.98. The largest absolute Gasteiger partial charge is 0.487 e. The van der Waals surface area contributed by atoms with Crippen molar-refractivity contribution in [3.8, 4) is 16.9 Å². The Morgan fingerprint density at radius 1 is 0.971 bits per heavy atom. The Bertz CT molecular complexity index is 1270. The van der Waals surface area contributed by atoms with Crippen LogP contribution in [0.2, 0.25) is 0 Å². The van der Waals surface area contributed by atoms with E-state index in [2.05, 4.69) is 0 Å². The first kappa shape index (κ1) is 24.6. The zero-order chi connectivity index (χ0) is 25.7. The average molecular weight is 500 g/mol. The van der Waals surface area contributed by atoms with E-state index in [1.54, 1.807) is 0 Å². The molecule has 11 heteroatoms. The molecule has 186 valence electrons. The summed E-state index contributed by atoms with van der Waals surface area (Å²) >= 11 is 0. The van der Waals surface area contributed by atoms with Gasteiger partial charge in [0.15, 0.2) is 6.61 Å². The van der Waals surface area contributed by atoms with E-state index in [-0.39, 0.29) is 46.1 Å². The summed E-state index contributed by atoms with van der Waals surface area (Å²) in [6.07, 6.45) is -4.68. The van der Waals surface area contributed by atoms with Crippen LogP contribution >= 0.6 is 0 Å². The van der Waals surface area contributed by atoms with Crippen LogP contribution in [-0.2, 0) is 13.1 Å². The van der Waals surface area contributed by atoms with Gasteiger partial charge in [-0.05, 0) is 43.3 Å². The smallest absolute Gasteiger partial charge is 0.406 e. The molecule has 0 aliphatic carbocycles. The fraction of sp³-hybridized carbons (Fsp3) is 0.292. The van der Waals surface area contributed by atoms with Gasteiger partial charge in [0.25, 0.3) is 11.8 Å². The number of alkyl halides is 5. The van der Waals surface area contributed by atoms with Crippen molar-refractivity contribution in [2.75, 3.05) is 11.5 Å². The van der Waals surface area contributed by atoms with Crippen LogP contribution in [0.3, 0.4) is 0 Å². The molecule has 0 N–H and O–H groups in total. The zero-order valence-corrected chi connectivity index (χ0v) is 18.5. The lowest BCUT2D eigenvalue weighted by Gasteiger charge is -2.20. The number of carbonyl (C=O) groups is 1. The normalized spacial score (nSPS) is 14.0. The summed E-state index contributed by atoms with van der Waals surface area (Å²) in [6.45, 7) is -0.769. The molecule has 4 rings (SSSR count). The van der Waals surface area contributed by atoms with E-state index >= 15 is 0 Å². The molecule has 0 radical (unpaired) electrons. The molecule has 0 spiro atoms. The molecule has 1 aliphatic rings. The fourth-order valence-electron chi connectivity index (χ4n) is 4.15. The van der Waals surface area contributed by atoms with Crippen LogP contribution in [0.5, 0.6) is 5.75 Å². The molecule has 1 amide bonds. The van der Waals surface area contributed by atoms with Crippen LogP contribution in [0.4, 0.5) is 36.4 Å². The Morgan fingerprint density at radius 3 is 2.20 bits per heavy atom. The van der Waals surface area contributed by atoms with Gasteiger partial charge in [-0.15, -0.1) is 0 Å². The van der Waals surface area contributed by atoms with Crippen molar-refractivity contribution in [3.63, 3.8) is 0 Å². The summed E-state index contributed by atoms with van der Waals surface area (Å²) in [5, 5.41) is 0. The lowest BCUT2D eigenvalue weighted by atomic mass is 10.00. The van der Waals surface area contributed by atoms with E-state index in [0.29, 0.717) is 6.92 Å². The van der Waals surface area contributed by atoms with Gasteiger partial charge in [0, 0.05) is 41.1 Å². The van der Waals surface area contributed by atoms with Gasteiger partial charge in [0.1, 0.15) is 29.6 Å². The lowest BCUT2D eigenvalue weighted by molar-refractivity contribution is -0.141. The number of fused-ring (bicyclic) bond motifs is 1. The third-order valence-electron chi connectivity index (χ3n) is 5.56. The van der Waals surface area contributed by atoms with Crippen molar-refractivity contribution in [1.82, 2.24) is 4.57 Å². The minimum absolute atomic E-state index is 0.0409. The number of carbonyl (C=O) groups excluding carboxylic acids is 1. The summed E-state index contributed by atoms with van der Waals surface area (Å²) in [4.78, 5) is 14.4. The topological polar surface area (TPSA) is 34.5 Å². The van der Waals surface area contributed by atoms with E-state index in [1.165, 1.54) is 30.0 Å². The van der Waals surface area contributed by atoms with Crippen molar-refractivity contribution in [2.45, 2.75) is 39.0 Å². The quantitative estimate of drug-likeness (QED) is 0.362. The highest BCUT2D eigenvalue weighted by molar-refractivity contribution is 6.11. The molecule has 0 fully saturated rings. The van der Waals surface area contributed by atoms with Crippen LogP contribution in [-0.4, -0.2) is 29.2 Å². The van der Waals surface area contributed by atoms with Crippen molar-refractivity contribution in [1.29, 1.82) is 0 Å². The van der Waals surface area contributed by atoms with Crippen LogP contribution in [0, 0.1) is 18.6 Å². The molecule has 0 unspecified atom stereocenters. The second-order valence-electron chi connectivity index (χ2n) is 8.36. The zero-order valence-electron chi connectivity index (χ0n) is 18.5. The minimum Gasteiger partial charge on any atom is -0.487 e. The molecule has 35 heavy (non-hydrogen) atoms. The minimum atomic E-state index is -4.68. The summed E-state index contributed by atoms with van der Waals surface area (Å²) in [6, 6.07) is 7.95. The maximum atomic E-state index is 13.9. The summed E-state index contributed by atoms with van der Waals surface area (Å²) in [7, 11) is 0. The molecule has 1 aromatic heterocycles. The number of hydrogen-bond donors (Lipinski definition) is 0. The van der Waals surface area contributed by atoms with Crippen molar-refractivity contribution in [3.05, 3.63) is 71.1 Å². The van der Waals surface area contributed by atoms with Crippen LogP contribution < -0.4 is 9.64 Å². The summed E-state index contributed by atoms with van der Waals surface area (Å²) in [5.74, 6) is -5.64. The van der Waals surface area contributed by atoms with Crippen LogP contribution in [0.25, 0.3) is 11.1 Å². The number of hydrogen-bond acceptors (Lipinski definition) is 2. The molecule has 0 saturated carbocycles. The molecule has 0 saturated heterocycles. The monoisotopic (exact) mass is 500 g/mol. The molecule has 3 aromatic rings. The van der Waals surface area contributed by atoms with Gasteiger partial charge in [-0.1, -0.05) is 0 Å². The van der Waals surface area contributed by atoms with E-state index in [1.807, 2.05) is 0 Å². The van der Waals surface area contributed by atoms with Gasteiger partial charge in [-0.3, -0.25) is 4.79 Å². The maximum absolute atomic E-state index is 13.9. The SMILES string of the molecule is Cc1c(-c2ccc(F)cc2OCC(C)(F)F)c2c(n1CC(F)(F)F)C(=O)N(c1ccc(F)cc1)C2. The number of anilines is 1. The first-order chi connectivity index (χ1) is 16.2. The van der Waals surface area contributed by atoms with Gasteiger partial charge in [-0.2, -0.15) is 13.2 Å². The average Bonchev–Trinajstić information content (AvgIpc) is 3.20. The van der Waals surface area contributed by atoms with Gasteiger partial charge in [-0.25, -0.2) is 17.6 Å². The molecular weight excluding hydrogens is 481 g/mol. The standard InChI is InChI=1S/C24H19F7N2O2/c1-13-20(17-8-5-15(26)9-19(17)35-12-23(2,27)28)18-10-32(16-6-3-14(25)4-7-16)22(34)21(18)33(13)11-24(29,30)31/h3-9H,10-12H2,1-2H3. The highest BCUT2D eigenvalue weighted by Gasteiger charge is 2.40. The number of benzene rings is 2. The van der Waals surface area contributed by atoms with Gasteiger partial charge < -0.3 is 14.2 Å². The first-order valence-corrected chi connectivity index (χ1v) is 10.4. The molecular formula is C24H19F7N2O2. The summed E-state index contributed by atoms with van der Waals surface area (Å²) < 4.78 is 100. The Labute approximate surface area is 195 Å². The van der Waals surface area contributed by atoms with E-state index in [4.69, 9.17) is 4.74 Å². The van der Waals surface area contributed by atoms with E-state index in [0.717, 1.165) is 28.8 Å². The Kier molecular flexibility index (Phi) is 6.06. The molecule has 0 bridgehead atoms. The lowest BCUT2D eigenvalue weighted by Crippen LogP contribution is -2.28. The van der Waals surface area contributed by atoms with Crippen molar-refractivity contribution >= 4 is 11.6 Å². The van der Waals surface area contributed by atoms with Crippen LogP contribution in [0.1, 0.15) is 28.7 Å². The maximum Gasteiger partial charge on any atom is 0.406 e. The van der Waals surface area contributed by atoms with Gasteiger partial charge in [0.05, 0.1) is 6.54 Å². The molecule has 0 atom stereocenters. The van der Waals surface area contributed by atoms with E-state index < -0.39 is 42.8 Å². The number of nitrogens with zero attached hydrogens (tertiary/aromatic N) is 2. The van der Waals surface area contributed by atoms with E-state index in [9.17, 15) is 35.5 Å². The Balaban J connectivity index is 1.88. The number of amides is 1. The number of rotatable bonds is 6. The van der Waals surface area contributed by atoms with Gasteiger partial charge in [0.2, 0.25) is 0 Å². The fourth-order valence-corrected chi connectivity index (χ4v) is 4.15. The number of halogens is 7. The van der Waals surface area contributed by atoms with Crippen molar-refractivity contribution in [2.24, 2.45) is 0 Å². The summed E-state index contributed by atoms with van der Waals surface area (Å²) in [5.41, 5.74) is 0.474. The predicted octanol–water partition coefficient (Wildman–Crippen LogP) is 6.50. The second kappa shape index (κ2) is 8.62. The second-order valence-corrected chi connectivity index (χ2v) is 8.36. The molecule has 2 aromatic carbocycles. The number of aromatic nitrogens is 1. The van der Waals surface area contributed by atoms with Gasteiger partial charge >= 0.3 is 6.18 Å². The van der Waals surface area contributed by atoms with Crippen molar-refractivity contribution < 1.29 is 40.3 Å². The number of ether oxygens (including phenoxy) is 1. The molecule has 1 aliphatic heterocycles. The Morgan fingerprint density at radius 2 is 1.60 bits per heavy atom. The highest BCUT2D eigenvalue weighted by Crippen LogP contribution is 2.44. The third-order valence-corrected chi connectivity index (χ3v) is 5.56. The predicted molar refractivity (Wildman–Crippen MR) is 114 cm³/mol. The first-order valence-electron chi connectivity index (χ1n) is 10.4. The van der Waals surface area contributed by atoms with Crippen LogP contribution in [0.15, 0.2) is 42.5 Å².